The van der Waals surface area contributed by atoms with Gasteiger partial charge in [0.2, 0.25) is 0 Å². The van der Waals surface area contributed by atoms with E-state index in [0.29, 0.717) is 5.69 Å². The highest BCUT2D eigenvalue weighted by Gasteiger charge is 2.23. The lowest BCUT2D eigenvalue weighted by Gasteiger charge is -2.06. The van der Waals surface area contributed by atoms with Crippen LogP contribution in [0.2, 0.25) is 0 Å². The largest absolute Gasteiger partial charge is 0.392 e. The molecule has 0 amide bonds. The minimum atomic E-state index is -3.97. The first-order chi connectivity index (χ1) is 9.85. The minimum absolute atomic E-state index is 0.160. The molecule has 0 saturated carbocycles. The molecule has 2 rings (SSSR count). The van der Waals surface area contributed by atoms with Gasteiger partial charge >= 0.3 is 0 Å². The molecule has 3 N–H and O–H groups in total. The van der Waals surface area contributed by atoms with Gasteiger partial charge in [-0.1, -0.05) is 6.07 Å². The van der Waals surface area contributed by atoms with Crippen molar-refractivity contribution in [2.45, 2.75) is 25.1 Å². The molecule has 0 atom stereocenters. The van der Waals surface area contributed by atoms with Crippen LogP contribution in [0, 0.1) is 18.6 Å². The zero-order chi connectivity index (χ0) is 15.6. The summed E-state index contributed by atoms with van der Waals surface area (Å²) in [6.45, 7) is 0.868. The predicted octanol–water partition coefficient (Wildman–Crippen LogP) is 0.967. The molecular formula is C12H13F2N3O3S. The quantitative estimate of drug-likeness (QED) is 0.766. The van der Waals surface area contributed by atoms with Crippen molar-refractivity contribution in [1.82, 2.24) is 14.9 Å². The monoisotopic (exact) mass is 317 g/mol. The number of H-pyrrole nitrogens is 1. The van der Waals surface area contributed by atoms with Crippen molar-refractivity contribution in [2.24, 2.45) is 0 Å². The highest BCUT2D eigenvalue weighted by atomic mass is 32.2. The molecule has 0 aliphatic heterocycles. The molecule has 1 aromatic heterocycles. The third-order valence-electron chi connectivity index (χ3n) is 2.90. The highest BCUT2D eigenvalue weighted by Crippen LogP contribution is 2.16. The number of aryl methyl sites for hydroxylation is 1. The summed E-state index contributed by atoms with van der Waals surface area (Å²) >= 11 is 0. The van der Waals surface area contributed by atoms with Gasteiger partial charge in [0.25, 0.3) is 10.0 Å². The summed E-state index contributed by atoms with van der Waals surface area (Å²) in [6, 6.07) is 3.08. The van der Waals surface area contributed by atoms with Gasteiger partial charge < -0.3 is 5.11 Å². The van der Waals surface area contributed by atoms with E-state index < -0.39 is 28.3 Å². The van der Waals surface area contributed by atoms with E-state index in [0.717, 1.165) is 12.1 Å². The van der Waals surface area contributed by atoms with Gasteiger partial charge in [-0.3, -0.25) is 5.10 Å². The molecule has 1 aromatic carbocycles. The van der Waals surface area contributed by atoms with E-state index in [1.54, 1.807) is 6.92 Å². The van der Waals surface area contributed by atoms with Crippen LogP contribution < -0.4 is 4.72 Å². The van der Waals surface area contributed by atoms with E-state index in [4.69, 9.17) is 5.11 Å². The van der Waals surface area contributed by atoms with Gasteiger partial charge in [-0.2, -0.15) is 5.10 Å². The Morgan fingerprint density at radius 3 is 2.67 bits per heavy atom. The topological polar surface area (TPSA) is 95.1 Å². The number of aliphatic hydroxyl groups is 1. The van der Waals surface area contributed by atoms with E-state index in [-0.39, 0.29) is 22.7 Å². The molecule has 0 radical (unpaired) electrons. The molecule has 0 bridgehead atoms. The van der Waals surface area contributed by atoms with E-state index in [1.807, 2.05) is 0 Å². The molecule has 0 spiro atoms. The zero-order valence-electron chi connectivity index (χ0n) is 11.0. The standard InChI is InChI=1S/C12H13F2N3O3S/c1-7-9(6-18)12(17-16-7)21(19,20)15-5-8-2-3-10(13)11(14)4-8/h2-4,15,18H,5-6H2,1H3,(H,16,17). The van der Waals surface area contributed by atoms with Crippen LogP contribution in [-0.2, 0) is 23.2 Å². The molecular weight excluding hydrogens is 304 g/mol. The summed E-state index contributed by atoms with van der Waals surface area (Å²) in [7, 11) is -3.97. The van der Waals surface area contributed by atoms with Gasteiger partial charge in [0.15, 0.2) is 16.7 Å². The zero-order valence-corrected chi connectivity index (χ0v) is 11.8. The van der Waals surface area contributed by atoms with Crippen LogP contribution in [0.15, 0.2) is 23.2 Å². The number of aromatic amines is 1. The van der Waals surface area contributed by atoms with Crippen molar-refractivity contribution in [3.63, 3.8) is 0 Å². The Bertz CT molecular complexity index is 759. The lowest BCUT2D eigenvalue weighted by molar-refractivity contribution is 0.277. The fourth-order valence-corrected chi connectivity index (χ4v) is 2.94. The van der Waals surface area contributed by atoms with E-state index in [2.05, 4.69) is 14.9 Å². The molecule has 0 unspecified atom stereocenters. The summed E-state index contributed by atoms with van der Waals surface area (Å²) < 4.78 is 52.2. The van der Waals surface area contributed by atoms with Crippen LogP contribution in [0.3, 0.4) is 0 Å². The normalized spacial score (nSPS) is 11.8. The average Bonchev–Trinajstić information content (AvgIpc) is 2.82. The highest BCUT2D eigenvalue weighted by molar-refractivity contribution is 7.89. The van der Waals surface area contributed by atoms with Crippen LogP contribution in [0.4, 0.5) is 8.78 Å². The Hall–Kier alpha value is -1.84. The second-order valence-electron chi connectivity index (χ2n) is 4.36. The lowest BCUT2D eigenvalue weighted by atomic mass is 10.2. The Balaban J connectivity index is 2.19. The van der Waals surface area contributed by atoms with Crippen molar-refractivity contribution in [2.75, 3.05) is 0 Å². The third-order valence-corrected chi connectivity index (χ3v) is 4.27. The minimum Gasteiger partial charge on any atom is -0.392 e. The molecule has 0 saturated heterocycles. The average molecular weight is 317 g/mol. The predicted molar refractivity (Wildman–Crippen MR) is 69.6 cm³/mol. The SMILES string of the molecule is Cc1[nH]nc(S(=O)(=O)NCc2ccc(F)c(F)c2)c1CO. The van der Waals surface area contributed by atoms with E-state index in [1.165, 1.54) is 6.07 Å². The van der Waals surface area contributed by atoms with Gasteiger partial charge in [-0.15, -0.1) is 0 Å². The summed E-state index contributed by atoms with van der Waals surface area (Å²) in [6.07, 6.45) is 0. The number of nitrogens with one attached hydrogen (secondary N) is 2. The Labute approximate surface area is 119 Å². The number of hydrogen-bond donors (Lipinski definition) is 3. The van der Waals surface area contributed by atoms with Crippen molar-refractivity contribution in [1.29, 1.82) is 0 Å². The fourth-order valence-electron chi connectivity index (χ4n) is 1.73. The number of halogens is 2. The second kappa shape index (κ2) is 5.88. The summed E-state index contributed by atoms with van der Waals surface area (Å²) in [5, 5.41) is 14.9. The number of sulfonamides is 1. The number of aliphatic hydroxyl groups excluding tert-OH is 1. The summed E-state index contributed by atoms with van der Waals surface area (Å²) in [5.41, 5.74) is 0.855. The van der Waals surface area contributed by atoms with Crippen molar-refractivity contribution in [3.05, 3.63) is 46.7 Å². The van der Waals surface area contributed by atoms with Gasteiger partial charge in [-0.25, -0.2) is 21.9 Å². The molecule has 2 aromatic rings. The number of benzene rings is 1. The van der Waals surface area contributed by atoms with Crippen LogP contribution in [0.1, 0.15) is 16.8 Å². The number of nitrogens with zero attached hydrogens (tertiary/aromatic N) is 1. The number of hydrogen-bond acceptors (Lipinski definition) is 4. The van der Waals surface area contributed by atoms with Crippen LogP contribution >= 0.6 is 0 Å². The smallest absolute Gasteiger partial charge is 0.260 e. The first kappa shape index (κ1) is 15.5. The fraction of sp³-hybridized carbons (Fsp3) is 0.250. The molecule has 1 heterocycles. The van der Waals surface area contributed by atoms with Crippen LogP contribution in [-0.4, -0.2) is 23.7 Å². The maximum absolute atomic E-state index is 13.0. The molecule has 6 nitrogen and oxygen atoms in total. The molecule has 9 heteroatoms. The van der Waals surface area contributed by atoms with Crippen molar-refractivity contribution >= 4 is 10.0 Å². The lowest BCUT2D eigenvalue weighted by Crippen LogP contribution is -2.24. The maximum atomic E-state index is 13.0. The van der Waals surface area contributed by atoms with Crippen LogP contribution in [0.25, 0.3) is 0 Å². The Kier molecular flexibility index (Phi) is 4.35. The Morgan fingerprint density at radius 2 is 2.05 bits per heavy atom. The molecule has 0 fully saturated rings. The number of aromatic nitrogens is 2. The van der Waals surface area contributed by atoms with E-state index in [9.17, 15) is 17.2 Å². The van der Waals surface area contributed by atoms with Gasteiger partial charge in [-0.05, 0) is 24.6 Å². The third kappa shape index (κ3) is 3.26. The Morgan fingerprint density at radius 1 is 1.33 bits per heavy atom. The second-order valence-corrected chi connectivity index (χ2v) is 6.05. The van der Waals surface area contributed by atoms with Crippen LogP contribution in [0.5, 0.6) is 0 Å². The molecule has 21 heavy (non-hydrogen) atoms. The first-order valence-electron chi connectivity index (χ1n) is 5.93. The number of rotatable bonds is 5. The van der Waals surface area contributed by atoms with E-state index >= 15 is 0 Å². The van der Waals surface area contributed by atoms with Crippen molar-refractivity contribution < 1.29 is 22.3 Å². The molecule has 114 valence electrons. The van der Waals surface area contributed by atoms with Gasteiger partial charge in [0.05, 0.1) is 6.61 Å². The first-order valence-corrected chi connectivity index (χ1v) is 7.41. The van der Waals surface area contributed by atoms with Gasteiger partial charge in [0, 0.05) is 17.8 Å². The summed E-state index contributed by atoms with van der Waals surface area (Å²) in [5.74, 6) is -2.06. The molecule has 0 aliphatic carbocycles. The van der Waals surface area contributed by atoms with Gasteiger partial charge in [0.1, 0.15) is 0 Å². The maximum Gasteiger partial charge on any atom is 0.260 e. The summed E-state index contributed by atoms with van der Waals surface area (Å²) in [4.78, 5) is 0. The van der Waals surface area contributed by atoms with Crippen molar-refractivity contribution in [3.8, 4) is 0 Å². The molecule has 0 aliphatic rings.